The van der Waals surface area contributed by atoms with Crippen LogP contribution in [0.15, 0.2) is 12.2 Å². The minimum Gasteiger partial charge on any atom is -0.345 e. The van der Waals surface area contributed by atoms with Crippen LogP contribution < -0.4 is 10.6 Å². The highest BCUT2D eigenvalue weighted by Crippen LogP contribution is 2.04. The van der Waals surface area contributed by atoms with E-state index in [0.29, 0.717) is 0 Å². The molecular formula is C13H15N3O4. The molecule has 1 rings (SSSR count). The highest BCUT2D eigenvalue weighted by Gasteiger charge is 2.24. The lowest BCUT2D eigenvalue weighted by molar-refractivity contribution is -0.137. The minimum atomic E-state index is -0.737. The van der Waals surface area contributed by atoms with Gasteiger partial charge in [-0.15, -0.1) is 6.42 Å². The van der Waals surface area contributed by atoms with Crippen molar-refractivity contribution in [2.24, 2.45) is 0 Å². The van der Waals surface area contributed by atoms with Crippen LogP contribution in [0.3, 0.4) is 0 Å². The Morgan fingerprint density at radius 3 is 2.50 bits per heavy atom. The second kappa shape index (κ2) is 7.09. The molecule has 0 aromatic rings. The molecule has 0 bridgehead atoms. The Morgan fingerprint density at radius 1 is 1.35 bits per heavy atom. The van der Waals surface area contributed by atoms with E-state index >= 15 is 0 Å². The van der Waals surface area contributed by atoms with Gasteiger partial charge in [-0.05, 0) is 6.92 Å². The molecule has 7 nitrogen and oxygen atoms in total. The van der Waals surface area contributed by atoms with Crippen LogP contribution in [0, 0.1) is 12.3 Å². The van der Waals surface area contributed by atoms with E-state index < -0.39 is 29.7 Å². The van der Waals surface area contributed by atoms with E-state index in [9.17, 15) is 19.2 Å². The summed E-state index contributed by atoms with van der Waals surface area (Å²) in [5.41, 5.74) is 0. The van der Waals surface area contributed by atoms with Gasteiger partial charge in [0.1, 0.15) is 6.04 Å². The second-order valence-corrected chi connectivity index (χ2v) is 4.12. The molecule has 0 fully saturated rings. The molecule has 4 amide bonds. The van der Waals surface area contributed by atoms with Gasteiger partial charge in [-0.3, -0.25) is 24.1 Å². The Bertz CT molecular complexity index is 486. The van der Waals surface area contributed by atoms with Gasteiger partial charge < -0.3 is 10.6 Å². The van der Waals surface area contributed by atoms with Gasteiger partial charge in [0.25, 0.3) is 11.8 Å². The van der Waals surface area contributed by atoms with Crippen molar-refractivity contribution in [2.75, 3.05) is 13.1 Å². The maximum Gasteiger partial charge on any atom is 0.253 e. The van der Waals surface area contributed by atoms with Gasteiger partial charge in [0, 0.05) is 25.1 Å². The number of amides is 4. The van der Waals surface area contributed by atoms with Crippen molar-refractivity contribution in [3.63, 3.8) is 0 Å². The smallest absolute Gasteiger partial charge is 0.253 e. The Labute approximate surface area is 116 Å². The summed E-state index contributed by atoms with van der Waals surface area (Å²) in [7, 11) is 0. The van der Waals surface area contributed by atoms with Gasteiger partial charge >= 0.3 is 0 Å². The second-order valence-electron chi connectivity index (χ2n) is 4.12. The Morgan fingerprint density at radius 2 is 1.95 bits per heavy atom. The highest BCUT2D eigenvalue weighted by atomic mass is 16.2. The van der Waals surface area contributed by atoms with Gasteiger partial charge in [0.05, 0.1) is 6.54 Å². The summed E-state index contributed by atoms with van der Waals surface area (Å²) in [5, 5.41) is 4.88. The van der Waals surface area contributed by atoms with E-state index in [-0.39, 0.29) is 19.5 Å². The van der Waals surface area contributed by atoms with Gasteiger partial charge in [-0.1, -0.05) is 5.92 Å². The Kier molecular flexibility index (Phi) is 5.47. The van der Waals surface area contributed by atoms with Crippen LogP contribution in [0.1, 0.15) is 13.3 Å². The molecule has 1 atom stereocenters. The average molecular weight is 277 g/mol. The van der Waals surface area contributed by atoms with E-state index in [4.69, 9.17) is 6.42 Å². The number of carbonyl (C=O) groups excluding carboxylic acids is 4. The van der Waals surface area contributed by atoms with E-state index in [1.807, 2.05) is 0 Å². The van der Waals surface area contributed by atoms with Gasteiger partial charge in [-0.25, -0.2) is 0 Å². The zero-order valence-corrected chi connectivity index (χ0v) is 11.0. The number of nitrogens with zero attached hydrogens (tertiary/aromatic N) is 1. The first-order chi connectivity index (χ1) is 9.45. The number of hydrogen-bond acceptors (Lipinski definition) is 4. The van der Waals surface area contributed by atoms with Gasteiger partial charge in [-0.2, -0.15) is 0 Å². The number of rotatable bonds is 6. The summed E-state index contributed by atoms with van der Waals surface area (Å²) in [6, 6.07) is -0.737. The summed E-state index contributed by atoms with van der Waals surface area (Å²) in [6.45, 7) is 1.58. The molecule has 0 aliphatic carbocycles. The largest absolute Gasteiger partial charge is 0.345 e. The first-order valence-corrected chi connectivity index (χ1v) is 5.99. The molecule has 20 heavy (non-hydrogen) atoms. The van der Waals surface area contributed by atoms with Crippen LogP contribution in [0.5, 0.6) is 0 Å². The van der Waals surface area contributed by atoms with Crippen molar-refractivity contribution >= 4 is 23.6 Å². The maximum absolute atomic E-state index is 11.6. The Balaban J connectivity index is 2.33. The molecule has 2 N–H and O–H groups in total. The van der Waals surface area contributed by atoms with E-state index in [2.05, 4.69) is 16.6 Å². The molecule has 0 radical (unpaired) electrons. The van der Waals surface area contributed by atoms with Crippen molar-refractivity contribution in [3.05, 3.63) is 12.2 Å². The first kappa shape index (κ1) is 15.4. The molecule has 1 heterocycles. The Hall–Kier alpha value is -2.62. The van der Waals surface area contributed by atoms with E-state index in [1.54, 1.807) is 0 Å². The first-order valence-electron chi connectivity index (χ1n) is 5.99. The summed E-state index contributed by atoms with van der Waals surface area (Å²) >= 11 is 0. The molecule has 0 unspecified atom stereocenters. The van der Waals surface area contributed by atoms with Gasteiger partial charge in [0.15, 0.2) is 0 Å². The SMILES string of the molecule is C#CCNC(=O)[C@@H](C)NC(=O)CCN1C(=O)C=CC1=O. The molecule has 0 saturated heterocycles. The molecule has 1 aliphatic heterocycles. The zero-order valence-electron chi connectivity index (χ0n) is 11.0. The molecule has 0 spiro atoms. The minimum absolute atomic E-state index is 0.0187. The highest BCUT2D eigenvalue weighted by molar-refractivity contribution is 6.13. The fourth-order valence-corrected chi connectivity index (χ4v) is 1.54. The normalized spacial score (nSPS) is 14.9. The lowest BCUT2D eigenvalue weighted by atomic mass is 10.2. The van der Waals surface area contributed by atoms with Crippen LogP contribution in [0.2, 0.25) is 0 Å². The maximum atomic E-state index is 11.6. The predicted octanol–water partition coefficient (Wildman–Crippen LogP) is -1.44. The summed E-state index contributed by atoms with van der Waals surface area (Å²) in [5.74, 6) is 0.535. The van der Waals surface area contributed by atoms with E-state index in [1.165, 1.54) is 6.92 Å². The third kappa shape index (κ3) is 4.24. The predicted molar refractivity (Wildman–Crippen MR) is 69.9 cm³/mol. The van der Waals surface area contributed by atoms with Crippen LogP contribution in [-0.4, -0.2) is 47.7 Å². The van der Waals surface area contributed by atoms with Crippen LogP contribution in [0.25, 0.3) is 0 Å². The standard InChI is InChI=1S/C13H15N3O4/c1-3-7-14-13(20)9(2)15-10(17)6-8-16-11(18)4-5-12(16)19/h1,4-5,9H,6-8H2,2H3,(H,14,20)(H,15,17)/t9-/m1/s1. The molecule has 0 saturated carbocycles. The molecule has 7 heteroatoms. The molecule has 0 aromatic carbocycles. The summed E-state index contributed by atoms with van der Waals surface area (Å²) in [4.78, 5) is 46.5. The monoisotopic (exact) mass is 277 g/mol. The number of carbonyl (C=O) groups is 4. The molecule has 0 aromatic heterocycles. The van der Waals surface area contributed by atoms with Gasteiger partial charge in [0.2, 0.25) is 11.8 Å². The number of hydrogen-bond donors (Lipinski definition) is 2. The summed E-state index contributed by atoms with van der Waals surface area (Å²) in [6.07, 6.45) is 7.23. The molecule has 106 valence electrons. The quantitative estimate of drug-likeness (QED) is 0.459. The topological polar surface area (TPSA) is 95.6 Å². The number of imide groups is 1. The van der Waals surface area contributed by atoms with Crippen molar-refractivity contribution in [1.82, 2.24) is 15.5 Å². The van der Waals surface area contributed by atoms with Crippen molar-refractivity contribution < 1.29 is 19.2 Å². The lowest BCUT2D eigenvalue weighted by Gasteiger charge is -2.16. The number of terminal acetylenes is 1. The zero-order chi connectivity index (χ0) is 15.1. The lowest BCUT2D eigenvalue weighted by Crippen LogP contribution is -2.45. The van der Waals surface area contributed by atoms with Crippen LogP contribution in [0.4, 0.5) is 0 Å². The van der Waals surface area contributed by atoms with Crippen LogP contribution in [-0.2, 0) is 19.2 Å². The number of nitrogens with one attached hydrogen (secondary N) is 2. The molecule has 1 aliphatic rings. The fourth-order valence-electron chi connectivity index (χ4n) is 1.54. The molecular weight excluding hydrogens is 262 g/mol. The van der Waals surface area contributed by atoms with Crippen LogP contribution >= 0.6 is 0 Å². The van der Waals surface area contributed by atoms with Crippen molar-refractivity contribution in [2.45, 2.75) is 19.4 Å². The summed E-state index contributed by atoms with van der Waals surface area (Å²) < 4.78 is 0. The third-order valence-electron chi connectivity index (χ3n) is 2.60. The fraction of sp³-hybridized carbons (Fsp3) is 0.385. The third-order valence-corrected chi connectivity index (χ3v) is 2.60. The van der Waals surface area contributed by atoms with Crippen molar-refractivity contribution in [1.29, 1.82) is 0 Å². The van der Waals surface area contributed by atoms with E-state index in [0.717, 1.165) is 17.1 Å². The van der Waals surface area contributed by atoms with Crippen molar-refractivity contribution in [3.8, 4) is 12.3 Å². The average Bonchev–Trinajstić information content (AvgIpc) is 2.73.